The molecule has 0 radical (unpaired) electrons. The highest BCUT2D eigenvalue weighted by molar-refractivity contribution is 7.93. The summed E-state index contributed by atoms with van der Waals surface area (Å²) in [6, 6.07) is 19.7. The first kappa shape index (κ1) is 24.6. The summed E-state index contributed by atoms with van der Waals surface area (Å²) in [5.41, 5.74) is 1.44. The number of halogens is 1. The average Bonchev–Trinajstić information content (AvgIpc) is 2.83. The highest BCUT2D eigenvalue weighted by Crippen LogP contribution is 2.28. The normalized spacial score (nSPS) is 11.1. The molecule has 0 aliphatic rings. The summed E-state index contributed by atoms with van der Waals surface area (Å²) in [5.74, 6) is 0.707. The molecular formula is C25H26ClNO5S. The third kappa shape index (κ3) is 6.27. The Labute approximate surface area is 199 Å². The van der Waals surface area contributed by atoms with E-state index in [9.17, 15) is 13.2 Å². The van der Waals surface area contributed by atoms with Crippen LogP contribution in [0.1, 0.15) is 25.3 Å². The van der Waals surface area contributed by atoms with Crippen molar-refractivity contribution in [2.45, 2.75) is 31.1 Å². The van der Waals surface area contributed by atoms with Crippen molar-refractivity contribution in [1.29, 1.82) is 0 Å². The summed E-state index contributed by atoms with van der Waals surface area (Å²) in [7, 11) is -2.63. The fourth-order valence-electron chi connectivity index (χ4n) is 3.18. The second kappa shape index (κ2) is 11.2. The van der Waals surface area contributed by atoms with Gasteiger partial charge in [0.05, 0.1) is 24.3 Å². The number of carbonyl (C=O) groups excluding carboxylic acids is 1. The standard InChI is InChI=1S/C25H26ClNO5S/c1-3-19-6-12-23(13-7-19)32-18-4-5-25(28)27(21-10-14-22(31-2)15-11-21)33(29,30)24-16-8-20(26)9-17-24/h6-17H,3-5,18H2,1-2H3. The van der Waals surface area contributed by atoms with Gasteiger partial charge in [-0.05, 0) is 79.1 Å². The van der Waals surface area contributed by atoms with Crippen LogP contribution in [0.15, 0.2) is 77.7 Å². The lowest BCUT2D eigenvalue weighted by Gasteiger charge is -2.23. The van der Waals surface area contributed by atoms with Crippen LogP contribution < -0.4 is 13.8 Å². The van der Waals surface area contributed by atoms with Crippen molar-refractivity contribution < 1.29 is 22.7 Å². The number of sulfonamides is 1. The Morgan fingerprint density at radius 3 is 2.09 bits per heavy atom. The van der Waals surface area contributed by atoms with Crippen LogP contribution in [-0.2, 0) is 21.2 Å². The number of rotatable bonds is 10. The second-order valence-corrected chi connectivity index (χ2v) is 9.49. The Morgan fingerprint density at radius 2 is 1.52 bits per heavy atom. The summed E-state index contributed by atoms with van der Waals surface area (Å²) >= 11 is 5.90. The van der Waals surface area contributed by atoms with Crippen LogP contribution in [0, 0.1) is 0 Å². The first-order valence-corrected chi connectivity index (χ1v) is 12.4. The Kier molecular flexibility index (Phi) is 8.36. The number of carbonyl (C=O) groups is 1. The predicted molar refractivity (Wildman–Crippen MR) is 130 cm³/mol. The third-order valence-corrected chi connectivity index (χ3v) is 7.04. The maximum absolute atomic E-state index is 13.4. The summed E-state index contributed by atoms with van der Waals surface area (Å²) in [4.78, 5) is 13.1. The van der Waals surface area contributed by atoms with E-state index in [1.54, 1.807) is 12.1 Å². The zero-order valence-electron chi connectivity index (χ0n) is 18.5. The van der Waals surface area contributed by atoms with Gasteiger partial charge in [0.1, 0.15) is 11.5 Å². The van der Waals surface area contributed by atoms with Crippen molar-refractivity contribution in [2.75, 3.05) is 18.0 Å². The summed E-state index contributed by atoms with van der Waals surface area (Å²) < 4.78 is 38.4. The number of amides is 1. The number of ether oxygens (including phenoxy) is 2. The van der Waals surface area contributed by atoms with Gasteiger partial charge < -0.3 is 9.47 Å². The van der Waals surface area contributed by atoms with Gasteiger partial charge in [0.25, 0.3) is 10.0 Å². The van der Waals surface area contributed by atoms with E-state index in [1.165, 1.54) is 49.1 Å². The molecule has 8 heteroatoms. The van der Waals surface area contributed by atoms with Crippen LogP contribution in [0.4, 0.5) is 5.69 Å². The minimum absolute atomic E-state index is 0.00804. The average molecular weight is 488 g/mol. The molecule has 3 aromatic rings. The Hall–Kier alpha value is -3.03. The maximum Gasteiger partial charge on any atom is 0.270 e. The number of methoxy groups -OCH3 is 1. The molecule has 0 saturated carbocycles. The number of hydrogen-bond acceptors (Lipinski definition) is 5. The Morgan fingerprint density at radius 1 is 0.909 bits per heavy atom. The number of aryl methyl sites for hydroxylation is 1. The first-order chi connectivity index (χ1) is 15.8. The molecule has 0 aliphatic heterocycles. The van der Waals surface area contributed by atoms with Gasteiger partial charge in [-0.1, -0.05) is 30.7 Å². The fourth-order valence-corrected chi connectivity index (χ4v) is 4.76. The van der Waals surface area contributed by atoms with E-state index in [4.69, 9.17) is 21.1 Å². The van der Waals surface area contributed by atoms with Crippen LogP contribution in [0.25, 0.3) is 0 Å². The largest absolute Gasteiger partial charge is 0.497 e. The van der Waals surface area contributed by atoms with Gasteiger partial charge in [-0.15, -0.1) is 0 Å². The van der Waals surface area contributed by atoms with E-state index >= 15 is 0 Å². The van der Waals surface area contributed by atoms with Gasteiger partial charge in [0.2, 0.25) is 5.91 Å². The van der Waals surface area contributed by atoms with Gasteiger partial charge in [-0.2, -0.15) is 0 Å². The molecule has 0 aromatic heterocycles. The van der Waals surface area contributed by atoms with Crippen molar-refractivity contribution in [3.8, 4) is 11.5 Å². The first-order valence-electron chi connectivity index (χ1n) is 10.5. The molecule has 1 amide bonds. The second-order valence-electron chi connectivity index (χ2n) is 7.26. The van der Waals surface area contributed by atoms with E-state index in [0.717, 1.165) is 10.7 Å². The lowest BCUT2D eigenvalue weighted by molar-refractivity contribution is -0.117. The van der Waals surface area contributed by atoms with Crippen molar-refractivity contribution in [1.82, 2.24) is 0 Å². The number of benzene rings is 3. The van der Waals surface area contributed by atoms with Crippen LogP contribution in [0.5, 0.6) is 11.5 Å². The van der Waals surface area contributed by atoms with E-state index < -0.39 is 15.9 Å². The van der Waals surface area contributed by atoms with E-state index in [1.807, 2.05) is 24.3 Å². The summed E-state index contributed by atoms with van der Waals surface area (Å²) in [6.07, 6.45) is 1.29. The van der Waals surface area contributed by atoms with E-state index in [-0.39, 0.29) is 23.6 Å². The van der Waals surface area contributed by atoms with Crippen LogP contribution in [-0.4, -0.2) is 28.0 Å². The molecule has 0 spiro atoms. The molecule has 0 bridgehead atoms. The van der Waals surface area contributed by atoms with Crippen molar-refractivity contribution in [3.05, 3.63) is 83.4 Å². The number of anilines is 1. The Balaban J connectivity index is 1.76. The molecular weight excluding hydrogens is 462 g/mol. The topological polar surface area (TPSA) is 72.9 Å². The molecule has 174 valence electrons. The molecule has 0 heterocycles. The molecule has 0 fully saturated rings. The zero-order chi connectivity index (χ0) is 23.8. The van der Waals surface area contributed by atoms with Crippen molar-refractivity contribution in [2.24, 2.45) is 0 Å². The van der Waals surface area contributed by atoms with Crippen molar-refractivity contribution >= 4 is 33.2 Å². The number of hydrogen-bond donors (Lipinski definition) is 0. The maximum atomic E-state index is 13.4. The molecule has 0 saturated heterocycles. The lowest BCUT2D eigenvalue weighted by Crippen LogP contribution is -2.37. The number of nitrogens with zero attached hydrogens (tertiary/aromatic N) is 1. The highest BCUT2D eigenvalue weighted by atomic mass is 35.5. The van der Waals surface area contributed by atoms with Gasteiger partial charge in [-0.25, -0.2) is 12.7 Å². The molecule has 33 heavy (non-hydrogen) atoms. The van der Waals surface area contributed by atoms with Gasteiger partial charge in [0, 0.05) is 11.4 Å². The fraction of sp³-hybridized carbons (Fsp3) is 0.240. The quantitative estimate of drug-likeness (QED) is 0.353. The predicted octanol–water partition coefficient (Wildman–Crippen LogP) is 5.49. The zero-order valence-corrected chi connectivity index (χ0v) is 20.1. The molecule has 0 N–H and O–H groups in total. The molecule has 3 aromatic carbocycles. The minimum Gasteiger partial charge on any atom is -0.497 e. The molecule has 3 rings (SSSR count). The summed E-state index contributed by atoms with van der Waals surface area (Å²) in [6.45, 7) is 2.36. The van der Waals surface area contributed by atoms with Crippen LogP contribution in [0.3, 0.4) is 0 Å². The van der Waals surface area contributed by atoms with Gasteiger partial charge >= 0.3 is 0 Å². The SMILES string of the molecule is CCc1ccc(OCCCC(=O)N(c2ccc(OC)cc2)S(=O)(=O)c2ccc(Cl)cc2)cc1. The van der Waals surface area contributed by atoms with E-state index in [0.29, 0.717) is 22.9 Å². The smallest absolute Gasteiger partial charge is 0.270 e. The minimum atomic E-state index is -4.14. The van der Waals surface area contributed by atoms with Gasteiger partial charge in [0.15, 0.2) is 0 Å². The Bertz CT molecular complexity index is 1160. The third-order valence-electron chi connectivity index (χ3n) is 5.02. The van der Waals surface area contributed by atoms with Crippen LogP contribution >= 0.6 is 11.6 Å². The van der Waals surface area contributed by atoms with Crippen molar-refractivity contribution in [3.63, 3.8) is 0 Å². The van der Waals surface area contributed by atoms with Gasteiger partial charge in [-0.3, -0.25) is 4.79 Å². The summed E-state index contributed by atoms with van der Waals surface area (Å²) in [5, 5.41) is 0.403. The molecule has 6 nitrogen and oxygen atoms in total. The van der Waals surface area contributed by atoms with E-state index in [2.05, 4.69) is 6.92 Å². The molecule has 0 atom stereocenters. The monoisotopic (exact) mass is 487 g/mol. The highest BCUT2D eigenvalue weighted by Gasteiger charge is 2.30. The van der Waals surface area contributed by atoms with Crippen LogP contribution in [0.2, 0.25) is 5.02 Å². The lowest BCUT2D eigenvalue weighted by atomic mass is 10.2. The molecule has 0 aliphatic carbocycles. The molecule has 0 unspecified atom stereocenters.